The van der Waals surface area contributed by atoms with Crippen LogP contribution in [0.1, 0.15) is 156 Å². The second-order valence-electron chi connectivity index (χ2n) is 9.18. The predicted octanol–water partition coefficient (Wildman–Crippen LogP) is 11.3. The highest BCUT2D eigenvalue weighted by Gasteiger charge is 1.93. The maximum Gasteiger partial charge on any atom is -0.0303 e. The topological polar surface area (TPSA) is 0 Å². The molecule has 0 aliphatic rings. The maximum absolute atomic E-state index is 2.47. The molecule has 0 saturated carbocycles. The van der Waals surface area contributed by atoms with Crippen molar-refractivity contribution in [1.82, 2.24) is 0 Å². The fraction of sp³-hybridized carbons (Fsp3) is 0.800. The summed E-state index contributed by atoms with van der Waals surface area (Å²) < 4.78 is 0. The van der Waals surface area contributed by atoms with Crippen LogP contribution >= 0.6 is 0 Å². The summed E-state index contributed by atoms with van der Waals surface area (Å²) in [5.74, 6) is 0. The molecule has 0 aliphatic heterocycles. The summed E-state index contributed by atoms with van der Waals surface area (Å²) >= 11 is 0. The highest BCUT2D eigenvalue weighted by atomic mass is 14.0. The monoisotopic (exact) mass is 416 g/mol. The van der Waals surface area contributed by atoms with Crippen LogP contribution in [0.15, 0.2) is 36.0 Å². The Labute approximate surface area is 191 Å². The van der Waals surface area contributed by atoms with Gasteiger partial charge in [0.25, 0.3) is 0 Å². The van der Waals surface area contributed by atoms with Crippen molar-refractivity contribution >= 4 is 0 Å². The van der Waals surface area contributed by atoms with Gasteiger partial charge in [-0.05, 0) is 37.7 Å². The van der Waals surface area contributed by atoms with Crippen LogP contribution in [0.2, 0.25) is 0 Å². The Kier molecular flexibility index (Phi) is 25.6. The minimum absolute atomic E-state index is 1.20. The van der Waals surface area contributed by atoms with E-state index in [0.29, 0.717) is 0 Å². The number of hydrogen-bond donors (Lipinski definition) is 0. The molecular weight excluding hydrogens is 360 g/mol. The SMILES string of the molecule is CCCC=CC(C=CCCCCCCCCCCCC)=CCCCCCCCCC. The van der Waals surface area contributed by atoms with Crippen molar-refractivity contribution in [2.24, 2.45) is 0 Å². The first-order valence-electron chi connectivity index (χ1n) is 13.9. The fourth-order valence-electron chi connectivity index (χ4n) is 3.92. The molecule has 0 bridgehead atoms. The normalized spacial score (nSPS) is 12.6. The van der Waals surface area contributed by atoms with Crippen LogP contribution in [-0.4, -0.2) is 0 Å². The molecule has 0 aromatic rings. The number of hydrogen-bond acceptors (Lipinski definition) is 0. The van der Waals surface area contributed by atoms with Gasteiger partial charge in [0.15, 0.2) is 0 Å². The van der Waals surface area contributed by atoms with Crippen LogP contribution in [0.3, 0.4) is 0 Å². The van der Waals surface area contributed by atoms with Gasteiger partial charge in [0, 0.05) is 0 Å². The zero-order valence-corrected chi connectivity index (χ0v) is 21.2. The van der Waals surface area contributed by atoms with E-state index in [-0.39, 0.29) is 0 Å². The average molecular weight is 417 g/mol. The summed E-state index contributed by atoms with van der Waals surface area (Å²) in [4.78, 5) is 0. The van der Waals surface area contributed by atoms with Gasteiger partial charge in [-0.25, -0.2) is 0 Å². The molecule has 0 rings (SSSR count). The van der Waals surface area contributed by atoms with E-state index in [0.717, 1.165) is 0 Å². The van der Waals surface area contributed by atoms with E-state index in [9.17, 15) is 0 Å². The van der Waals surface area contributed by atoms with Gasteiger partial charge in [0.2, 0.25) is 0 Å². The van der Waals surface area contributed by atoms with Crippen LogP contribution in [0.4, 0.5) is 0 Å². The largest absolute Gasteiger partial charge is 0.0840 e. The Hall–Kier alpha value is -0.780. The molecular formula is C30H56. The maximum atomic E-state index is 2.47. The Morgan fingerprint density at radius 1 is 0.400 bits per heavy atom. The van der Waals surface area contributed by atoms with E-state index in [4.69, 9.17) is 0 Å². The van der Waals surface area contributed by atoms with Gasteiger partial charge >= 0.3 is 0 Å². The average Bonchev–Trinajstić information content (AvgIpc) is 2.76. The van der Waals surface area contributed by atoms with Crippen molar-refractivity contribution in [3.05, 3.63) is 36.0 Å². The second kappa shape index (κ2) is 26.3. The lowest BCUT2D eigenvalue weighted by Crippen LogP contribution is -1.82. The van der Waals surface area contributed by atoms with Crippen molar-refractivity contribution in [1.29, 1.82) is 0 Å². The third kappa shape index (κ3) is 23.5. The number of allylic oxidation sites excluding steroid dienone is 6. The van der Waals surface area contributed by atoms with E-state index in [1.54, 1.807) is 0 Å². The Morgan fingerprint density at radius 2 is 0.800 bits per heavy atom. The van der Waals surface area contributed by atoms with Gasteiger partial charge in [-0.15, -0.1) is 0 Å². The summed E-state index contributed by atoms with van der Waals surface area (Å²) in [5.41, 5.74) is 1.43. The third-order valence-electron chi connectivity index (χ3n) is 5.99. The van der Waals surface area contributed by atoms with Crippen LogP contribution < -0.4 is 0 Å². The number of unbranched alkanes of at least 4 members (excludes halogenated alkanes) is 18. The zero-order valence-electron chi connectivity index (χ0n) is 21.2. The van der Waals surface area contributed by atoms with Crippen LogP contribution in [-0.2, 0) is 0 Å². The van der Waals surface area contributed by atoms with Gasteiger partial charge in [0.05, 0.1) is 0 Å². The smallest absolute Gasteiger partial charge is 0.0303 e. The molecule has 0 spiro atoms. The molecule has 0 heterocycles. The summed E-state index contributed by atoms with van der Waals surface area (Å²) in [5, 5.41) is 0. The van der Waals surface area contributed by atoms with E-state index >= 15 is 0 Å². The first-order valence-corrected chi connectivity index (χ1v) is 13.9. The Morgan fingerprint density at radius 3 is 1.27 bits per heavy atom. The van der Waals surface area contributed by atoms with Crippen molar-refractivity contribution in [2.45, 2.75) is 156 Å². The third-order valence-corrected chi connectivity index (χ3v) is 5.99. The summed E-state index contributed by atoms with van der Waals surface area (Å²) in [6.07, 6.45) is 40.9. The molecule has 0 aliphatic carbocycles. The predicted molar refractivity (Wildman–Crippen MR) is 140 cm³/mol. The van der Waals surface area contributed by atoms with Crippen molar-refractivity contribution in [3.63, 3.8) is 0 Å². The minimum Gasteiger partial charge on any atom is -0.0840 e. The summed E-state index contributed by atoms with van der Waals surface area (Å²) in [6.45, 7) is 6.85. The van der Waals surface area contributed by atoms with E-state index < -0.39 is 0 Å². The van der Waals surface area contributed by atoms with Crippen LogP contribution in [0.25, 0.3) is 0 Å². The molecule has 0 unspecified atom stereocenters. The lowest BCUT2D eigenvalue weighted by Gasteiger charge is -2.02. The highest BCUT2D eigenvalue weighted by Crippen LogP contribution is 2.13. The molecule has 0 aromatic carbocycles. The van der Waals surface area contributed by atoms with E-state index in [1.807, 2.05) is 0 Å². The standard InChI is InChI=1S/C30H56/c1-4-7-10-12-14-16-17-18-19-21-23-26-29-30(27-24-9-6-3)28-25-22-20-15-13-11-8-5-2/h24,26-29H,4-23,25H2,1-3H3. The zero-order chi connectivity index (χ0) is 22.0. The van der Waals surface area contributed by atoms with E-state index in [2.05, 4.69) is 51.2 Å². The van der Waals surface area contributed by atoms with Gasteiger partial charge in [0.1, 0.15) is 0 Å². The van der Waals surface area contributed by atoms with Gasteiger partial charge in [-0.1, -0.05) is 154 Å². The van der Waals surface area contributed by atoms with Crippen molar-refractivity contribution in [2.75, 3.05) is 0 Å². The molecule has 0 amide bonds. The molecule has 0 radical (unpaired) electrons. The van der Waals surface area contributed by atoms with Gasteiger partial charge < -0.3 is 0 Å². The van der Waals surface area contributed by atoms with Gasteiger partial charge in [-0.3, -0.25) is 0 Å². The van der Waals surface area contributed by atoms with Crippen LogP contribution in [0, 0.1) is 0 Å². The van der Waals surface area contributed by atoms with E-state index in [1.165, 1.54) is 140 Å². The highest BCUT2D eigenvalue weighted by molar-refractivity contribution is 5.30. The summed E-state index contributed by atoms with van der Waals surface area (Å²) in [6, 6.07) is 0. The first-order chi connectivity index (χ1) is 14.8. The Balaban J connectivity index is 3.88. The van der Waals surface area contributed by atoms with Gasteiger partial charge in [-0.2, -0.15) is 0 Å². The number of rotatable bonds is 23. The molecule has 0 heteroatoms. The molecule has 0 nitrogen and oxygen atoms in total. The first kappa shape index (κ1) is 29.2. The fourth-order valence-corrected chi connectivity index (χ4v) is 3.92. The second-order valence-corrected chi connectivity index (χ2v) is 9.18. The lowest BCUT2D eigenvalue weighted by atomic mass is 10.0. The molecule has 0 N–H and O–H groups in total. The quantitative estimate of drug-likeness (QED) is 0.115. The summed E-state index contributed by atoms with van der Waals surface area (Å²) in [7, 11) is 0. The molecule has 0 aromatic heterocycles. The molecule has 0 fully saturated rings. The van der Waals surface area contributed by atoms with Crippen molar-refractivity contribution < 1.29 is 0 Å². The minimum atomic E-state index is 1.20. The van der Waals surface area contributed by atoms with Crippen molar-refractivity contribution in [3.8, 4) is 0 Å². The Bertz CT molecular complexity index is 398. The molecule has 0 saturated heterocycles. The molecule has 176 valence electrons. The van der Waals surface area contributed by atoms with Crippen LogP contribution in [0.5, 0.6) is 0 Å². The molecule has 30 heavy (non-hydrogen) atoms. The lowest BCUT2D eigenvalue weighted by molar-refractivity contribution is 0.557. The molecule has 0 atom stereocenters.